The molecule has 0 aliphatic heterocycles. The van der Waals surface area contributed by atoms with Gasteiger partial charge in [0.05, 0.1) is 0 Å². The largest absolute Gasteiger partial charge is 0.245 e. The monoisotopic (exact) mass is 108 g/mol. The van der Waals surface area contributed by atoms with Crippen LogP contribution >= 0.6 is 12.8 Å². The van der Waals surface area contributed by atoms with Gasteiger partial charge in [-0.1, -0.05) is 12.8 Å². The van der Waals surface area contributed by atoms with Gasteiger partial charge in [0, 0.05) is 12.4 Å². The standard InChI is InChI=1S/CH4N2S2/c4-2-1-3-5/h2,4H,1H2. The zero-order valence-electron chi connectivity index (χ0n) is 2.51. The van der Waals surface area contributed by atoms with Crippen LogP contribution in [-0.4, -0.2) is 6.67 Å². The second kappa shape index (κ2) is 4.33. The third-order valence-electron chi connectivity index (χ3n) is 0.135. The third kappa shape index (κ3) is 4.33. The van der Waals surface area contributed by atoms with Gasteiger partial charge in [0.25, 0.3) is 0 Å². The van der Waals surface area contributed by atoms with Gasteiger partial charge in [0.2, 0.25) is 0 Å². The average molecular weight is 108 g/mol. The topological polar surface area (TPSA) is 24.4 Å². The molecule has 5 heavy (non-hydrogen) atoms. The van der Waals surface area contributed by atoms with Gasteiger partial charge >= 0.3 is 0 Å². The van der Waals surface area contributed by atoms with Gasteiger partial charge in [-0.25, -0.2) is 9.08 Å². The highest BCUT2D eigenvalue weighted by Crippen LogP contribution is 1.57. The molecule has 0 saturated heterocycles. The van der Waals surface area contributed by atoms with Crippen molar-refractivity contribution in [1.29, 1.82) is 0 Å². The van der Waals surface area contributed by atoms with Crippen molar-refractivity contribution in [2.75, 3.05) is 6.67 Å². The van der Waals surface area contributed by atoms with Crippen molar-refractivity contribution >= 4 is 25.2 Å². The fourth-order valence-electron chi connectivity index (χ4n) is 0.0289. The lowest BCUT2D eigenvalue weighted by Gasteiger charge is -1.76. The smallest absolute Gasteiger partial charge is 0.110 e. The van der Waals surface area contributed by atoms with Crippen LogP contribution in [0, 0.1) is 0 Å². The number of rotatable bonds is 2. The zero-order chi connectivity index (χ0) is 4.12. The minimum absolute atomic E-state index is 0.443. The zero-order valence-corrected chi connectivity index (χ0v) is 4.22. The lowest BCUT2D eigenvalue weighted by Crippen LogP contribution is -1.93. The van der Waals surface area contributed by atoms with Crippen LogP contribution in [0.25, 0.3) is 0 Å². The molecule has 0 unspecified atom stereocenters. The first kappa shape index (κ1) is 5.33. The molecule has 0 aliphatic carbocycles. The highest BCUT2D eigenvalue weighted by molar-refractivity contribution is 7.78. The third-order valence-corrected chi connectivity index (χ3v) is 0.406. The highest BCUT2D eigenvalue weighted by atomic mass is 32.1. The van der Waals surface area contributed by atoms with Crippen molar-refractivity contribution in [2.24, 2.45) is 4.36 Å². The Morgan fingerprint density at radius 2 is 2.60 bits per heavy atom. The molecule has 0 spiro atoms. The molecule has 0 aliphatic rings. The fourth-order valence-corrected chi connectivity index (χ4v) is 0.260. The Hall–Kier alpha value is 0.330. The van der Waals surface area contributed by atoms with Crippen LogP contribution in [0.4, 0.5) is 0 Å². The molecule has 1 N–H and O–H groups in total. The molecule has 0 rings (SSSR count). The van der Waals surface area contributed by atoms with Gasteiger partial charge in [-0.2, -0.15) is 0 Å². The van der Waals surface area contributed by atoms with Crippen LogP contribution in [0.1, 0.15) is 0 Å². The maximum Gasteiger partial charge on any atom is 0.110 e. The van der Waals surface area contributed by atoms with Gasteiger partial charge in [-0.05, 0) is 0 Å². The first-order valence-corrected chi connectivity index (χ1v) is 1.89. The molecule has 0 atom stereocenters. The van der Waals surface area contributed by atoms with E-state index in [4.69, 9.17) is 0 Å². The summed E-state index contributed by atoms with van der Waals surface area (Å²) in [4.78, 5) is 0. The van der Waals surface area contributed by atoms with Gasteiger partial charge in [-0.3, -0.25) is 0 Å². The van der Waals surface area contributed by atoms with Crippen LogP contribution < -0.4 is 4.72 Å². The van der Waals surface area contributed by atoms with Crippen LogP contribution in [0.2, 0.25) is 0 Å². The number of nitrogens with zero attached hydrogens (tertiary/aromatic N) is 1. The van der Waals surface area contributed by atoms with E-state index in [-0.39, 0.29) is 0 Å². The summed E-state index contributed by atoms with van der Waals surface area (Å²) in [6.07, 6.45) is 0. The van der Waals surface area contributed by atoms with Crippen LogP contribution in [-0.2, 0) is 12.4 Å². The van der Waals surface area contributed by atoms with Gasteiger partial charge in [0.1, 0.15) is 6.67 Å². The van der Waals surface area contributed by atoms with E-state index in [2.05, 4.69) is 34.3 Å². The van der Waals surface area contributed by atoms with Crippen molar-refractivity contribution in [3.8, 4) is 0 Å². The van der Waals surface area contributed by atoms with Crippen LogP contribution in [0.3, 0.4) is 0 Å². The predicted molar refractivity (Wildman–Crippen MR) is 26.8 cm³/mol. The number of hydrogen-bond acceptors (Lipinski definition) is 4. The van der Waals surface area contributed by atoms with E-state index in [1.165, 1.54) is 0 Å². The lowest BCUT2D eigenvalue weighted by atomic mass is 11.3. The minimum Gasteiger partial charge on any atom is -0.245 e. The van der Waals surface area contributed by atoms with Crippen molar-refractivity contribution in [1.82, 2.24) is 4.72 Å². The molecular weight excluding hydrogens is 104 g/mol. The van der Waals surface area contributed by atoms with E-state index >= 15 is 0 Å². The maximum absolute atomic E-state index is 4.16. The summed E-state index contributed by atoms with van der Waals surface area (Å²) in [7, 11) is 0. The first-order valence-electron chi connectivity index (χ1n) is 1.08. The molecule has 0 heterocycles. The summed E-state index contributed by atoms with van der Waals surface area (Å²) in [5, 5.41) is 0. The molecule has 0 aromatic rings. The molecule has 0 fully saturated rings. The molecule has 0 aromatic carbocycles. The molecule has 0 amide bonds. The minimum atomic E-state index is 0.443. The predicted octanol–water partition coefficient (Wildman–Crippen LogP) is 0.109. The van der Waals surface area contributed by atoms with Crippen molar-refractivity contribution < 1.29 is 0 Å². The van der Waals surface area contributed by atoms with Gasteiger partial charge in [-0.15, -0.1) is 0 Å². The maximum atomic E-state index is 4.16. The number of thiol groups is 1. The summed E-state index contributed by atoms with van der Waals surface area (Å²) in [6.45, 7) is 0.443. The van der Waals surface area contributed by atoms with Gasteiger partial charge in [0.15, 0.2) is 0 Å². The molecule has 2 nitrogen and oxygen atoms in total. The highest BCUT2D eigenvalue weighted by Gasteiger charge is 1.59. The summed E-state index contributed by atoms with van der Waals surface area (Å²) < 4.78 is 5.69. The van der Waals surface area contributed by atoms with E-state index in [1.54, 1.807) is 0 Å². The average Bonchev–Trinajstić information content (AvgIpc) is 1.41. The van der Waals surface area contributed by atoms with Crippen molar-refractivity contribution in [2.45, 2.75) is 0 Å². The summed E-state index contributed by atoms with van der Waals surface area (Å²) in [6, 6.07) is 0. The van der Waals surface area contributed by atoms with Crippen molar-refractivity contribution in [3.63, 3.8) is 0 Å². The van der Waals surface area contributed by atoms with E-state index in [0.29, 0.717) is 6.67 Å². The molecule has 0 bridgehead atoms. The Balaban J connectivity index is 2.40. The summed E-state index contributed by atoms with van der Waals surface area (Å²) in [5.74, 6) is 0. The van der Waals surface area contributed by atoms with E-state index < -0.39 is 0 Å². The number of hydrogen-bond donors (Lipinski definition) is 2. The summed E-state index contributed by atoms with van der Waals surface area (Å²) in [5.41, 5.74) is 0. The SMILES string of the molecule is S=NCNS. The first-order chi connectivity index (χ1) is 2.41. The van der Waals surface area contributed by atoms with E-state index in [1.807, 2.05) is 0 Å². The Kier molecular flexibility index (Phi) is 4.62. The summed E-state index contributed by atoms with van der Waals surface area (Å²) >= 11 is 7.76. The fraction of sp³-hybridized carbons (Fsp3) is 1.00. The van der Waals surface area contributed by atoms with Gasteiger partial charge < -0.3 is 0 Å². The van der Waals surface area contributed by atoms with E-state index in [9.17, 15) is 0 Å². The molecule has 0 saturated carbocycles. The van der Waals surface area contributed by atoms with Crippen LogP contribution in [0.5, 0.6) is 0 Å². The quantitative estimate of drug-likeness (QED) is 0.491. The molecular formula is CH4N2S2. The van der Waals surface area contributed by atoms with Crippen molar-refractivity contribution in [3.05, 3.63) is 0 Å². The Morgan fingerprint density at radius 1 is 2.00 bits per heavy atom. The van der Waals surface area contributed by atoms with Crippen LogP contribution in [0.15, 0.2) is 4.36 Å². The normalized spacial score (nSPS) is 7.40. The molecule has 0 radical (unpaired) electrons. The Morgan fingerprint density at radius 3 is 2.60 bits per heavy atom. The molecule has 0 aromatic heterocycles. The Labute approximate surface area is 41.7 Å². The Bertz CT molecular complexity index is 28.8. The van der Waals surface area contributed by atoms with E-state index in [0.717, 1.165) is 0 Å². The molecule has 30 valence electrons. The second-order valence-corrected chi connectivity index (χ2v) is 1.02. The lowest BCUT2D eigenvalue weighted by molar-refractivity contribution is 1.01. The second-order valence-electron chi connectivity index (χ2n) is 0.445. The molecule has 4 heteroatoms. The number of nitrogens with one attached hydrogen (secondary N) is 1.